The summed E-state index contributed by atoms with van der Waals surface area (Å²) in [4.78, 5) is 17.9. The highest BCUT2D eigenvalue weighted by atomic mass is 19.1. The molecule has 0 spiro atoms. The van der Waals surface area contributed by atoms with Gasteiger partial charge in [0, 0.05) is 24.7 Å². The maximum atomic E-state index is 12.3. The van der Waals surface area contributed by atoms with Crippen molar-refractivity contribution < 1.29 is 9.18 Å². The Kier molecular flexibility index (Phi) is 2.90. The number of halogens is 1. The van der Waals surface area contributed by atoms with Crippen molar-refractivity contribution in [3.05, 3.63) is 29.1 Å². The Morgan fingerprint density at radius 3 is 2.75 bits per heavy atom. The second-order valence-corrected chi connectivity index (χ2v) is 4.32. The summed E-state index contributed by atoms with van der Waals surface area (Å²) in [5, 5.41) is 0. The van der Waals surface area contributed by atoms with E-state index in [1.807, 2.05) is 19.9 Å². The highest BCUT2D eigenvalue weighted by molar-refractivity contribution is 5.95. The van der Waals surface area contributed by atoms with Crippen molar-refractivity contribution in [2.24, 2.45) is 5.92 Å². The summed E-state index contributed by atoms with van der Waals surface area (Å²) in [6, 6.07) is 3.62. The van der Waals surface area contributed by atoms with Gasteiger partial charge in [-0.25, -0.2) is 0 Å². The van der Waals surface area contributed by atoms with Crippen LogP contribution in [0.25, 0.3) is 0 Å². The average molecular weight is 222 g/mol. The van der Waals surface area contributed by atoms with E-state index in [4.69, 9.17) is 0 Å². The fourth-order valence-electron chi connectivity index (χ4n) is 1.92. The Hall–Kier alpha value is -1.45. The van der Waals surface area contributed by atoms with E-state index in [-0.39, 0.29) is 18.5 Å². The molecule has 1 aromatic rings. The minimum absolute atomic E-state index is 0.0302. The van der Waals surface area contributed by atoms with Gasteiger partial charge in [0.05, 0.1) is 17.9 Å². The first-order valence-electron chi connectivity index (χ1n) is 5.41. The zero-order valence-electron chi connectivity index (χ0n) is 9.53. The minimum atomic E-state index is -0.338. The standard InChI is InChI=1S/C12H15FN2O/c1-8-3-4-11(9(2)14-8)12(16)15-6-10(5-13)7-15/h3-4,10H,5-7H2,1-2H3. The van der Waals surface area contributed by atoms with Crippen molar-refractivity contribution in [3.8, 4) is 0 Å². The van der Waals surface area contributed by atoms with Crippen LogP contribution in [-0.2, 0) is 0 Å². The number of nitrogens with zero attached hydrogens (tertiary/aromatic N) is 2. The predicted octanol–water partition coefficient (Wildman–Crippen LogP) is 1.74. The van der Waals surface area contributed by atoms with Gasteiger partial charge in [-0.1, -0.05) is 0 Å². The molecule has 0 unspecified atom stereocenters. The molecule has 1 amide bonds. The Balaban J connectivity index is 2.10. The summed E-state index contributed by atoms with van der Waals surface area (Å²) in [5.74, 6) is -0.00244. The van der Waals surface area contributed by atoms with Gasteiger partial charge in [-0.3, -0.25) is 14.2 Å². The number of amides is 1. The summed E-state index contributed by atoms with van der Waals surface area (Å²) < 4.78 is 12.3. The fraction of sp³-hybridized carbons (Fsp3) is 0.500. The van der Waals surface area contributed by atoms with Crippen LogP contribution in [0.1, 0.15) is 21.7 Å². The van der Waals surface area contributed by atoms with Crippen LogP contribution in [0, 0.1) is 19.8 Å². The first kappa shape index (κ1) is 11.0. The topological polar surface area (TPSA) is 33.2 Å². The van der Waals surface area contributed by atoms with Crippen LogP contribution >= 0.6 is 0 Å². The molecule has 0 N–H and O–H groups in total. The molecule has 1 aromatic heterocycles. The number of hydrogen-bond donors (Lipinski definition) is 0. The zero-order valence-corrected chi connectivity index (χ0v) is 9.53. The number of alkyl halides is 1. The van der Waals surface area contributed by atoms with Gasteiger partial charge in [0.1, 0.15) is 0 Å². The molecule has 1 aliphatic heterocycles. The number of hydrogen-bond acceptors (Lipinski definition) is 2. The Morgan fingerprint density at radius 1 is 1.50 bits per heavy atom. The van der Waals surface area contributed by atoms with Crippen molar-refractivity contribution in [1.82, 2.24) is 9.88 Å². The maximum Gasteiger partial charge on any atom is 0.255 e. The number of aryl methyl sites for hydroxylation is 2. The summed E-state index contributed by atoms with van der Waals surface area (Å²) in [5.41, 5.74) is 2.27. The number of pyridine rings is 1. The third-order valence-electron chi connectivity index (χ3n) is 2.92. The normalized spacial score (nSPS) is 16.1. The number of rotatable bonds is 2. The number of aromatic nitrogens is 1. The van der Waals surface area contributed by atoms with Gasteiger partial charge in [0.15, 0.2) is 0 Å². The second kappa shape index (κ2) is 4.20. The molecule has 0 atom stereocenters. The van der Waals surface area contributed by atoms with Crippen molar-refractivity contribution in [2.75, 3.05) is 19.8 Å². The van der Waals surface area contributed by atoms with Crippen LogP contribution in [0.5, 0.6) is 0 Å². The number of likely N-dealkylation sites (tertiary alicyclic amines) is 1. The van der Waals surface area contributed by atoms with Crippen molar-refractivity contribution in [1.29, 1.82) is 0 Å². The van der Waals surface area contributed by atoms with Gasteiger partial charge >= 0.3 is 0 Å². The van der Waals surface area contributed by atoms with E-state index in [1.165, 1.54) is 0 Å². The molecule has 86 valence electrons. The maximum absolute atomic E-state index is 12.3. The molecule has 0 saturated carbocycles. The Morgan fingerprint density at radius 2 is 2.19 bits per heavy atom. The second-order valence-electron chi connectivity index (χ2n) is 4.32. The van der Waals surface area contributed by atoms with Crippen LogP contribution in [0.3, 0.4) is 0 Å². The largest absolute Gasteiger partial charge is 0.338 e. The van der Waals surface area contributed by atoms with Crippen LogP contribution in [0.4, 0.5) is 4.39 Å². The third kappa shape index (κ3) is 1.92. The first-order valence-corrected chi connectivity index (χ1v) is 5.41. The molecule has 1 aliphatic rings. The lowest BCUT2D eigenvalue weighted by Crippen LogP contribution is -2.51. The van der Waals surface area contributed by atoms with E-state index in [2.05, 4.69) is 4.98 Å². The van der Waals surface area contributed by atoms with Crippen LogP contribution in [0.15, 0.2) is 12.1 Å². The molecule has 1 fully saturated rings. The molecule has 1 saturated heterocycles. The number of carbonyl (C=O) groups is 1. The van der Waals surface area contributed by atoms with E-state index in [0.717, 1.165) is 11.4 Å². The van der Waals surface area contributed by atoms with Crippen molar-refractivity contribution in [2.45, 2.75) is 13.8 Å². The van der Waals surface area contributed by atoms with E-state index in [9.17, 15) is 9.18 Å². The van der Waals surface area contributed by atoms with Crippen LogP contribution in [-0.4, -0.2) is 35.6 Å². The molecule has 0 bridgehead atoms. The summed E-state index contributed by atoms with van der Waals surface area (Å²) >= 11 is 0. The number of carbonyl (C=O) groups excluding carboxylic acids is 1. The SMILES string of the molecule is Cc1ccc(C(=O)N2CC(CF)C2)c(C)n1. The smallest absolute Gasteiger partial charge is 0.255 e. The summed E-state index contributed by atoms with van der Waals surface area (Å²) in [7, 11) is 0. The first-order chi connectivity index (χ1) is 7.61. The van der Waals surface area contributed by atoms with Gasteiger partial charge in [-0.05, 0) is 26.0 Å². The molecule has 2 heterocycles. The monoisotopic (exact) mass is 222 g/mol. The van der Waals surface area contributed by atoms with Crippen LogP contribution < -0.4 is 0 Å². The highest BCUT2D eigenvalue weighted by Gasteiger charge is 2.31. The molecule has 0 aliphatic carbocycles. The van der Waals surface area contributed by atoms with Gasteiger partial charge in [-0.15, -0.1) is 0 Å². The lowest BCUT2D eigenvalue weighted by molar-refractivity contribution is 0.0451. The van der Waals surface area contributed by atoms with E-state index in [0.29, 0.717) is 18.7 Å². The van der Waals surface area contributed by atoms with Gasteiger partial charge in [0.25, 0.3) is 5.91 Å². The van der Waals surface area contributed by atoms with E-state index < -0.39 is 0 Å². The zero-order chi connectivity index (χ0) is 11.7. The minimum Gasteiger partial charge on any atom is -0.338 e. The molecule has 2 rings (SSSR count). The Bertz CT molecular complexity index is 413. The molecule has 16 heavy (non-hydrogen) atoms. The lowest BCUT2D eigenvalue weighted by atomic mass is 10.00. The lowest BCUT2D eigenvalue weighted by Gasteiger charge is -2.37. The van der Waals surface area contributed by atoms with Crippen molar-refractivity contribution >= 4 is 5.91 Å². The molecule has 0 aromatic carbocycles. The van der Waals surface area contributed by atoms with E-state index >= 15 is 0 Å². The highest BCUT2D eigenvalue weighted by Crippen LogP contribution is 2.20. The van der Waals surface area contributed by atoms with Crippen LogP contribution in [0.2, 0.25) is 0 Å². The summed E-state index contributed by atoms with van der Waals surface area (Å²) in [6.07, 6.45) is 0. The van der Waals surface area contributed by atoms with E-state index in [1.54, 1.807) is 11.0 Å². The predicted molar refractivity (Wildman–Crippen MR) is 59.1 cm³/mol. The summed E-state index contributed by atoms with van der Waals surface area (Å²) in [6.45, 7) is 4.44. The fourth-order valence-corrected chi connectivity index (χ4v) is 1.92. The third-order valence-corrected chi connectivity index (χ3v) is 2.92. The molecular formula is C12H15FN2O. The van der Waals surface area contributed by atoms with Gasteiger partial charge in [-0.2, -0.15) is 0 Å². The molecule has 4 heteroatoms. The Labute approximate surface area is 94.3 Å². The molecule has 0 radical (unpaired) electrons. The molecular weight excluding hydrogens is 207 g/mol. The van der Waals surface area contributed by atoms with Gasteiger partial charge < -0.3 is 4.90 Å². The molecule has 3 nitrogen and oxygen atoms in total. The van der Waals surface area contributed by atoms with Gasteiger partial charge in [0.2, 0.25) is 0 Å². The van der Waals surface area contributed by atoms with Crippen molar-refractivity contribution in [3.63, 3.8) is 0 Å². The quantitative estimate of drug-likeness (QED) is 0.763. The average Bonchev–Trinajstić information content (AvgIpc) is 2.15.